The Balaban J connectivity index is 1.41. The van der Waals surface area contributed by atoms with E-state index in [1.807, 2.05) is 55.5 Å². The molecule has 0 saturated carbocycles. The van der Waals surface area contributed by atoms with Crippen LogP contribution in [0.5, 0.6) is 11.5 Å². The van der Waals surface area contributed by atoms with E-state index in [9.17, 15) is 4.79 Å². The molecule has 0 saturated heterocycles. The van der Waals surface area contributed by atoms with Crippen LogP contribution in [0.25, 0.3) is 22.6 Å². The van der Waals surface area contributed by atoms with Crippen molar-refractivity contribution in [2.75, 3.05) is 6.79 Å². The van der Waals surface area contributed by atoms with Crippen molar-refractivity contribution in [1.82, 2.24) is 20.3 Å². The summed E-state index contributed by atoms with van der Waals surface area (Å²) in [4.78, 5) is 25.2. The lowest BCUT2D eigenvalue weighted by Gasteiger charge is -2.04. The third-order valence-electron chi connectivity index (χ3n) is 5.25. The van der Waals surface area contributed by atoms with Crippen LogP contribution in [0.1, 0.15) is 17.1 Å². The molecule has 1 aliphatic heterocycles. The molecule has 2 aromatic heterocycles. The van der Waals surface area contributed by atoms with Crippen molar-refractivity contribution in [3.63, 3.8) is 0 Å². The van der Waals surface area contributed by atoms with Crippen molar-refractivity contribution >= 4 is 17.5 Å². The zero-order valence-corrected chi connectivity index (χ0v) is 18.6. The third-order valence-corrected chi connectivity index (χ3v) is 5.49. The van der Waals surface area contributed by atoms with E-state index < -0.39 is 0 Å². The van der Waals surface area contributed by atoms with Crippen molar-refractivity contribution in [2.45, 2.75) is 19.9 Å². The number of nitrogens with zero attached hydrogens (tertiary/aromatic N) is 2. The Morgan fingerprint density at radius 3 is 2.76 bits per heavy atom. The van der Waals surface area contributed by atoms with E-state index in [1.165, 1.54) is 0 Å². The van der Waals surface area contributed by atoms with Gasteiger partial charge in [0.15, 0.2) is 11.5 Å². The molecule has 0 aliphatic carbocycles. The molecule has 2 aromatic carbocycles. The Kier molecular flexibility index (Phi) is 5.71. The molecule has 0 radical (unpaired) electrons. The number of carbonyl (C=O) groups excluding carboxylic acids is 1. The van der Waals surface area contributed by atoms with E-state index in [1.54, 1.807) is 12.1 Å². The molecule has 1 amide bonds. The maximum absolute atomic E-state index is 12.5. The molecular weight excluding hydrogens is 440 g/mol. The Labute approximate surface area is 195 Å². The predicted molar refractivity (Wildman–Crippen MR) is 125 cm³/mol. The molecule has 5 rings (SSSR count). The smallest absolute Gasteiger partial charge is 0.231 e. The Morgan fingerprint density at radius 1 is 1.06 bits per heavy atom. The number of fused-ring (bicyclic) bond motifs is 1. The number of hydrogen-bond acceptors (Lipinski definition) is 5. The lowest BCUT2D eigenvalue weighted by Crippen LogP contribution is -2.25. The van der Waals surface area contributed by atoms with Gasteiger partial charge >= 0.3 is 0 Å². The molecule has 0 spiro atoms. The summed E-state index contributed by atoms with van der Waals surface area (Å²) in [5, 5.41) is 3.53. The maximum atomic E-state index is 12.5. The lowest BCUT2D eigenvalue weighted by molar-refractivity contribution is -0.120. The summed E-state index contributed by atoms with van der Waals surface area (Å²) in [6, 6.07) is 18.8. The number of rotatable bonds is 6. The highest BCUT2D eigenvalue weighted by molar-refractivity contribution is 6.30. The second kappa shape index (κ2) is 8.96. The Morgan fingerprint density at radius 2 is 1.91 bits per heavy atom. The second-order valence-corrected chi connectivity index (χ2v) is 8.16. The van der Waals surface area contributed by atoms with Crippen LogP contribution >= 0.6 is 11.6 Å². The number of nitrogens with one attached hydrogen (secondary N) is 2. The van der Waals surface area contributed by atoms with Gasteiger partial charge in [-0.25, -0.2) is 4.98 Å². The van der Waals surface area contributed by atoms with Crippen LogP contribution in [0.15, 0.2) is 60.7 Å². The fourth-order valence-corrected chi connectivity index (χ4v) is 3.92. The second-order valence-electron chi connectivity index (χ2n) is 7.72. The highest BCUT2D eigenvalue weighted by atomic mass is 35.5. The van der Waals surface area contributed by atoms with Gasteiger partial charge in [0.1, 0.15) is 5.82 Å². The lowest BCUT2D eigenvalue weighted by atomic mass is 10.1. The van der Waals surface area contributed by atoms with Crippen molar-refractivity contribution in [3.05, 3.63) is 82.8 Å². The third kappa shape index (κ3) is 4.68. The van der Waals surface area contributed by atoms with E-state index >= 15 is 0 Å². The summed E-state index contributed by atoms with van der Waals surface area (Å²) in [5.74, 6) is 1.89. The number of aryl methyl sites for hydroxylation is 1. The summed E-state index contributed by atoms with van der Waals surface area (Å²) in [7, 11) is 0. The predicted octanol–water partition coefficient (Wildman–Crippen LogP) is 4.69. The topological polar surface area (TPSA) is 89.1 Å². The largest absolute Gasteiger partial charge is 0.454 e. The van der Waals surface area contributed by atoms with Gasteiger partial charge in [-0.1, -0.05) is 29.8 Å². The first-order valence-electron chi connectivity index (χ1n) is 10.5. The van der Waals surface area contributed by atoms with Crippen LogP contribution in [-0.2, 0) is 17.8 Å². The normalized spacial score (nSPS) is 12.1. The van der Waals surface area contributed by atoms with Gasteiger partial charge < -0.3 is 19.8 Å². The monoisotopic (exact) mass is 460 g/mol. The number of ether oxygens (including phenoxy) is 2. The molecule has 4 aromatic rings. The van der Waals surface area contributed by atoms with Gasteiger partial charge in [-0.05, 0) is 55.0 Å². The number of aromatic amines is 1. The minimum absolute atomic E-state index is 0.117. The number of halogens is 1. The van der Waals surface area contributed by atoms with Crippen LogP contribution in [-0.4, -0.2) is 27.7 Å². The minimum atomic E-state index is -0.117. The molecule has 1 aliphatic rings. The van der Waals surface area contributed by atoms with Gasteiger partial charge in [0.2, 0.25) is 12.7 Å². The maximum Gasteiger partial charge on any atom is 0.231 e. The van der Waals surface area contributed by atoms with Crippen LogP contribution < -0.4 is 14.8 Å². The van der Waals surface area contributed by atoms with E-state index in [-0.39, 0.29) is 25.7 Å². The minimum Gasteiger partial charge on any atom is -0.454 e. The van der Waals surface area contributed by atoms with E-state index in [2.05, 4.69) is 15.3 Å². The number of hydrogen-bond donors (Lipinski definition) is 2. The number of carbonyl (C=O) groups is 1. The van der Waals surface area contributed by atoms with Gasteiger partial charge in [0.05, 0.1) is 30.0 Å². The van der Waals surface area contributed by atoms with Gasteiger partial charge in [-0.15, -0.1) is 0 Å². The first kappa shape index (κ1) is 21.0. The molecule has 7 nitrogen and oxygen atoms in total. The fraction of sp³-hybridized carbons (Fsp3) is 0.160. The van der Waals surface area contributed by atoms with E-state index in [0.29, 0.717) is 22.3 Å². The average molecular weight is 461 g/mol. The number of benzene rings is 2. The molecule has 8 heteroatoms. The van der Waals surface area contributed by atoms with Crippen molar-refractivity contribution in [2.24, 2.45) is 0 Å². The molecule has 0 bridgehead atoms. The van der Waals surface area contributed by atoms with Crippen LogP contribution in [0, 0.1) is 6.92 Å². The number of pyridine rings is 1. The van der Waals surface area contributed by atoms with E-state index in [0.717, 1.165) is 33.9 Å². The van der Waals surface area contributed by atoms with Crippen LogP contribution in [0.3, 0.4) is 0 Å². The molecule has 0 fully saturated rings. The summed E-state index contributed by atoms with van der Waals surface area (Å²) in [6.07, 6.45) is 0.239. The highest BCUT2D eigenvalue weighted by Gasteiger charge is 2.20. The standard InChI is InChI=1S/C25H21ClN4O3/c1-15-4-2-7-19(28-15)25-24(17-8-9-20-21(12-17)33-14-32-20)29-22(30-25)13-27-23(31)11-16-5-3-6-18(26)10-16/h2-10,12H,11,13-14H2,1H3,(H,27,31)(H,29,30). The molecule has 0 atom stereocenters. The van der Waals surface area contributed by atoms with Gasteiger partial charge in [-0.2, -0.15) is 0 Å². The fourth-order valence-electron chi connectivity index (χ4n) is 3.70. The molecular formula is C25H21ClN4O3. The molecule has 3 heterocycles. The van der Waals surface area contributed by atoms with Crippen molar-refractivity contribution in [1.29, 1.82) is 0 Å². The number of aromatic nitrogens is 3. The van der Waals surface area contributed by atoms with Gasteiger partial charge in [-0.3, -0.25) is 9.78 Å². The van der Waals surface area contributed by atoms with Gasteiger partial charge in [0.25, 0.3) is 0 Å². The zero-order chi connectivity index (χ0) is 22.8. The van der Waals surface area contributed by atoms with Gasteiger partial charge in [0, 0.05) is 16.3 Å². The Bertz CT molecular complexity index is 1330. The SMILES string of the molecule is Cc1cccc(-c2[nH]c(CNC(=O)Cc3cccc(Cl)c3)nc2-c2ccc3c(c2)OCO3)n1. The van der Waals surface area contributed by atoms with Crippen LogP contribution in [0.2, 0.25) is 5.02 Å². The molecule has 0 unspecified atom stereocenters. The summed E-state index contributed by atoms with van der Waals surface area (Å²) < 4.78 is 11.0. The first-order valence-corrected chi connectivity index (χ1v) is 10.9. The number of amides is 1. The number of imidazole rings is 1. The zero-order valence-electron chi connectivity index (χ0n) is 17.9. The van der Waals surface area contributed by atoms with E-state index in [4.69, 9.17) is 26.1 Å². The first-order chi connectivity index (χ1) is 16.0. The Hall–Kier alpha value is -3.84. The molecule has 2 N–H and O–H groups in total. The molecule has 166 valence electrons. The summed E-state index contributed by atoms with van der Waals surface area (Å²) in [6.45, 7) is 2.40. The van der Waals surface area contributed by atoms with Crippen molar-refractivity contribution < 1.29 is 14.3 Å². The van der Waals surface area contributed by atoms with Crippen molar-refractivity contribution in [3.8, 4) is 34.1 Å². The number of H-pyrrole nitrogens is 1. The molecule has 33 heavy (non-hydrogen) atoms. The highest BCUT2D eigenvalue weighted by Crippen LogP contribution is 2.38. The summed E-state index contributed by atoms with van der Waals surface area (Å²) in [5.41, 5.74) is 4.89. The summed E-state index contributed by atoms with van der Waals surface area (Å²) >= 11 is 6.01. The quantitative estimate of drug-likeness (QED) is 0.436. The average Bonchev–Trinajstić information content (AvgIpc) is 3.44. The van der Waals surface area contributed by atoms with Crippen LogP contribution in [0.4, 0.5) is 0 Å².